The average Bonchev–Trinajstić information content (AvgIpc) is 2.39. The summed E-state index contributed by atoms with van der Waals surface area (Å²) < 4.78 is 0. The summed E-state index contributed by atoms with van der Waals surface area (Å²) in [6.07, 6.45) is 5.00. The van der Waals surface area contributed by atoms with Crippen molar-refractivity contribution in [1.29, 1.82) is 0 Å². The van der Waals surface area contributed by atoms with E-state index in [1.807, 2.05) is 0 Å². The van der Waals surface area contributed by atoms with E-state index in [0.717, 1.165) is 6.42 Å². The van der Waals surface area contributed by atoms with Crippen LogP contribution >= 0.6 is 11.6 Å². The maximum absolute atomic E-state index is 6.52. The van der Waals surface area contributed by atoms with Crippen LogP contribution in [-0.2, 0) is 0 Å². The summed E-state index contributed by atoms with van der Waals surface area (Å²) in [6.45, 7) is 0. The Labute approximate surface area is 108 Å². The van der Waals surface area contributed by atoms with Gasteiger partial charge in [-0.25, -0.2) is 0 Å². The topological polar surface area (TPSA) is 0 Å². The molecule has 0 bridgehead atoms. The zero-order chi connectivity index (χ0) is 11.7. The van der Waals surface area contributed by atoms with Gasteiger partial charge in [0.25, 0.3) is 0 Å². The van der Waals surface area contributed by atoms with Crippen molar-refractivity contribution in [1.82, 2.24) is 0 Å². The molecule has 1 aliphatic rings. The van der Waals surface area contributed by atoms with E-state index >= 15 is 0 Å². The molecule has 1 heteroatoms. The van der Waals surface area contributed by atoms with E-state index in [1.54, 1.807) is 0 Å². The highest BCUT2D eigenvalue weighted by Gasteiger charge is 2.25. The molecule has 0 heterocycles. The number of benzene rings is 2. The summed E-state index contributed by atoms with van der Waals surface area (Å²) in [5.74, 6) is 0.538. The van der Waals surface area contributed by atoms with Crippen molar-refractivity contribution in [2.75, 3.05) is 0 Å². The summed E-state index contributed by atoms with van der Waals surface area (Å²) >= 11 is 6.52. The zero-order valence-electron chi connectivity index (χ0n) is 9.90. The van der Waals surface area contributed by atoms with Gasteiger partial charge in [0.15, 0.2) is 0 Å². The van der Waals surface area contributed by atoms with Gasteiger partial charge >= 0.3 is 0 Å². The van der Waals surface area contributed by atoms with Crippen LogP contribution in [0.3, 0.4) is 0 Å². The van der Waals surface area contributed by atoms with E-state index in [2.05, 4.69) is 42.5 Å². The number of alkyl halides is 1. The van der Waals surface area contributed by atoms with Crippen LogP contribution in [0.1, 0.15) is 37.2 Å². The first-order valence-corrected chi connectivity index (χ1v) is 6.91. The van der Waals surface area contributed by atoms with Crippen molar-refractivity contribution < 1.29 is 0 Å². The third-order valence-corrected chi connectivity index (χ3v) is 4.43. The molecule has 2 aromatic carbocycles. The monoisotopic (exact) mass is 244 g/mol. The molecule has 0 saturated heterocycles. The fraction of sp³-hybridized carbons (Fsp3) is 0.375. The number of hydrogen-bond donors (Lipinski definition) is 0. The molecule has 0 radical (unpaired) electrons. The molecule has 0 N–H and O–H groups in total. The predicted octanol–water partition coefficient (Wildman–Crippen LogP) is 5.10. The minimum atomic E-state index is 0.314. The fourth-order valence-electron chi connectivity index (χ4n) is 3.01. The van der Waals surface area contributed by atoms with Crippen molar-refractivity contribution in [2.24, 2.45) is 0 Å². The molecule has 3 rings (SSSR count). The van der Waals surface area contributed by atoms with Crippen LogP contribution < -0.4 is 0 Å². The van der Waals surface area contributed by atoms with E-state index < -0.39 is 0 Å². The van der Waals surface area contributed by atoms with Gasteiger partial charge in [-0.15, -0.1) is 11.6 Å². The van der Waals surface area contributed by atoms with Crippen LogP contribution in [0.5, 0.6) is 0 Å². The fourth-order valence-corrected chi connectivity index (χ4v) is 3.43. The lowest BCUT2D eigenvalue weighted by Crippen LogP contribution is -2.17. The van der Waals surface area contributed by atoms with Crippen molar-refractivity contribution >= 4 is 22.4 Å². The quantitative estimate of drug-likeness (QED) is 0.612. The molecule has 0 nitrogen and oxygen atoms in total. The highest BCUT2D eigenvalue weighted by molar-refractivity contribution is 6.21. The third-order valence-electron chi connectivity index (χ3n) is 3.90. The van der Waals surface area contributed by atoms with Gasteiger partial charge < -0.3 is 0 Å². The van der Waals surface area contributed by atoms with Crippen molar-refractivity contribution in [3.63, 3.8) is 0 Å². The molecule has 2 aromatic rings. The van der Waals surface area contributed by atoms with E-state index in [-0.39, 0.29) is 0 Å². The van der Waals surface area contributed by atoms with Crippen molar-refractivity contribution in [3.8, 4) is 0 Å². The first-order valence-electron chi connectivity index (χ1n) is 6.48. The standard InChI is InChI=1S/C16H17Cl/c17-16-11-4-3-9-15(16)14-10-5-7-12-6-1-2-8-13(12)14/h1-2,5-8,10,15-16H,3-4,9,11H2. The SMILES string of the molecule is ClC1CCCCC1c1cccc2ccccc12. The Balaban J connectivity index is 2.10. The molecular weight excluding hydrogens is 228 g/mol. The largest absolute Gasteiger partial charge is 0.122 e. The highest BCUT2D eigenvalue weighted by Crippen LogP contribution is 2.39. The van der Waals surface area contributed by atoms with Gasteiger partial charge in [0, 0.05) is 11.3 Å². The lowest BCUT2D eigenvalue weighted by molar-refractivity contribution is 0.452. The molecule has 1 fully saturated rings. The first kappa shape index (κ1) is 11.1. The van der Waals surface area contributed by atoms with Gasteiger partial charge in [-0.2, -0.15) is 0 Å². The van der Waals surface area contributed by atoms with E-state index in [4.69, 9.17) is 11.6 Å². The maximum atomic E-state index is 6.52. The normalized spacial score (nSPS) is 25.0. The lowest BCUT2D eigenvalue weighted by Gasteiger charge is -2.28. The molecule has 2 atom stereocenters. The number of hydrogen-bond acceptors (Lipinski definition) is 0. The Kier molecular flexibility index (Phi) is 3.07. The molecule has 0 spiro atoms. The zero-order valence-corrected chi connectivity index (χ0v) is 10.7. The number of halogens is 1. The molecule has 88 valence electrons. The molecule has 2 unspecified atom stereocenters. The molecule has 1 saturated carbocycles. The van der Waals surface area contributed by atoms with Crippen LogP contribution in [0.15, 0.2) is 42.5 Å². The van der Waals surface area contributed by atoms with Gasteiger partial charge in [0.2, 0.25) is 0 Å². The Morgan fingerprint density at radius 1 is 0.882 bits per heavy atom. The van der Waals surface area contributed by atoms with E-state index in [1.165, 1.54) is 35.6 Å². The molecule has 0 amide bonds. The van der Waals surface area contributed by atoms with Gasteiger partial charge in [0.05, 0.1) is 0 Å². The van der Waals surface area contributed by atoms with Crippen LogP contribution in [0, 0.1) is 0 Å². The lowest BCUT2D eigenvalue weighted by atomic mass is 9.82. The summed E-state index contributed by atoms with van der Waals surface area (Å²) in [7, 11) is 0. The second-order valence-electron chi connectivity index (χ2n) is 4.98. The second kappa shape index (κ2) is 4.70. The van der Waals surface area contributed by atoms with Crippen LogP contribution in [0.4, 0.5) is 0 Å². The summed E-state index contributed by atoms with van der Waals surface area (Å²) in [4.78, 5) is 0. The molecule has 0 aliphatic heterocycles. The second-order valence-corrected chi connectivity index (χ2v) is 5.54. The van der Waals surface area contributed by atoms with Gasteiger partial charge in [-0.05, 0) is 29.2 Å². The molecule has 17 heavy (non-hydrogen) atoms. The van der Waals surface area contributed by atoms with Crippen molar-refractivity contribution in [3.05, 3.63) is 48.0 Å². The Morgan fingerprint density at radius 2 is 1.65 bits per heavy atom. The first-order chi connectivity index (χ1) is 8.36. The van der Waals surface area contributed by atoms with Gasteiger partial charge in [-0.3, -0.25) is 0 Å². The average molecular weight is 245 g/mol. The summed E-state index contributed by atoms with van der Waals surface area (Å²) in [5.41, 5.74) is 1.45. The Morgan fingerprint density at radius 3 is 2.53 bits per heavy atom. The molecular formula is C16H17Cl. The smallest absolute Gasteiger partial charge is 0.0404 e. The Hall–Kier alpha value is -1.01. The van der Waals surface area contributed by atoms with Crippen molar-refractivity contribution in [2.45, 2.75) is 37.0 Å². The van der Waals surface area contributed by atoms with Crippen LogP contribution in [0.2, 0.25) is 0 Å². The third kappa shape index (κ3) is 2.07. The maximum Gasteiger partial charge on any atom is 0.0404 e. The Bertz CT molecular complexity index is 512. The van der Waals surface area contributed by atoms with Crippen LogP contribution in [0.25, 0.3) is 10.8 Å². The summed E-state index contributed by atoms with van der Waals surface area (Å²) in [5, 5.41) is 3.03. The molecule has 0 aromatic heterocycles. The van der Waals surface area contributed by atoms with Crippen LogP contribution in [-0.4, -0.2) is 5.38 Å². The summed E-state index contributed by atoms with van der Waals surface area (Å²) in [6, 6.07) is 15.2. The van der Waals surface area contributed by atoms with E-state index in [0.29, 0.717) is 11.3 Å². The van der Waals surface area contributed by atoms with Gasteiger partial charge in [-0.1, -0.05) is 55.3 Å². The highest BCUT2D eigenvalue weighted by atomic mass is 35.5. The van der Waals surface area contributed by atoms with E-state index in [9.17, 15) is 0 Å². The molecule has 1 aliphatic carbocycles. The minimum Gasteiger partial charge on any atom is -0.122 e. The van der Waals surface area contributed by atoms with Gasteiger partial charge in [0.1, 0.15) is 0 Å². The minimum absolute atomic E-state index is 0.314. The predicted molar refractivity (Wildman–Crippen MR) is 74.8 cm³/mol. The number of fused-ring (bicyclic) bond motifs is 1. The number of rotatable bonds is 1.